The van der Waals surface area contributed by atoms with E-state index in [1.54, 1.807) is 0 Å². The molecule has 0 aliphatic carbocycles. The molecule has 0 saturated carbocycles. The number of aromatic nitrogens is 2. The molecule has 78 valence electrons. The smallest absolute Gasteiger partial charge is 0.135 e. The average Bonchev–Trinajstić information content (AvgIpc) is 2.19. The van der Waals surface area contributed by atoms with Gasteiger partial charge in [-0.2, -0.15) is 0 Å². The molecule has 0 radical (unpaired) electrons. The third-order valence-electron chi connectivity index (χ3n) is 2.13. The van der Waals surface area contributed by atoms with Crippen LogP contribution in [0.25, 0.3) is 0 Å². The van der Waals surface area contributed by atoms with Crippen molar-refractivity contribution >= 4 is 11.6 Å². The Morgan fingerprint density at radius 2 is 2.00 bits per heavy atom. The van der Waals surface area contributed by atoms with Crippen LogP contribution in [-0.4, -0.2) is 9.97 Å². The van der Waals surface area contributed by atoms with Gasteiger partial charge in [0, 0.05) is 18.2 Å². The predicted octanol–water partition coefficient (Wildman–Crippen LogP) is 3.43. The van der Waals surface area contributed by atoms with Crippen LogP contribution in [0.5, 0.6) is 0 Å². The van der Waals surface area contributed by atoms with Crippen LogP contribution >= 0.6 is 11.6 Å². The summed E-state index contributed by atoms with van der Waals surface area (Å²) >= 11 is 6.04. The molecule has 0 bridgehead atoms. The molecule has 0 fully saturated rings. The van der Waals surface area contributed by atoms with Crippen LogP contribution in [0.3, 0.4) is 0 Å². The lowest BCUT2D eigenvalue weighted by Crippen LogP contribution is -1.98. The van der Waals surface area contributed by atoms with Gasteiger partial charge in [0.25, 0.3) is 0 Å². The zero-order valence-electron chi connectivity index (χ0n) is 8.89. The third-order valence-corrected chi connectivity index (χ3v) is 2.46. The van der Waals surface area contributed by atoms with Gasteiger partial charge in [-0.25, -0.2) is 9.97 Å². The van der Waals surface area contributed by atoms with Gasteiger partial charge in [0.2, 0.25) is 0 Å². The van der Waals surface area contributed by atoms with Gasteiger partial charge in [-0.05, 0) is 12.8 Å². The normalized spacial score (nSPS) is 10.5. The van der Waals surface area contributed by atoms with Gasteiger partial charge in [0.05, 0.1) is 0 Å². The molecule has 1 heterocycles. The van der Waals surface area contributed by atoms with E-state index in [1.807, 2.05) is 6.20 Å². The minimum absolute atomic E-state index is 0.632. The van der Waals surface area contributed by atoms with Crippen LogP contribution in [0.2, 0.25) is 5.15 Å². The number of rotatable bonds is 5. The average molecular weight is 213 g/mol. The molecule has 0 atom stereocenters. The Labute approximate surface area is 90.7 Å². The molecule has 2 nitrogen and oxygen atoms in total. The standard InChI is InChI=1S/C11H17ClN2/c1-3-5-7-10-13-8-9(6-4-2)11(12)14-10/h8H,3-7H2,1-2H3. The zero-order chi connectivity index (χ0) is 10.4. The first-order valence-corrected chi connectivity index (χ1v) is 5.66. The van der Waals surface area contributed by atoms with Gasteiger partial charge in [-0.15, -0.1) is 0 Å². The highest BCUT2D eigenvalue weighted by Crippen LogP contribution is 2.14. The van der Waals surface area contributed by atoms with E-state index >= 15 is 0 Å². The monoisotopic (exact) mass is 212 g/mol. The molecule has 0 saturated heterocycles. The zero-order valence-corrected chi connectivity index (χ0v) is 9.64. The van der Waals surface area contributed by atoms with E-state index in [0.717, 1.165) is 43.5 Å². The maximum Gasteiger partial charge on any atom is 0.135 e. The van der Waals surface area contributed by atoms with Crippen molar-refractivity contribution in [2.45, 2.75) is 46.0 Å². The lowest BCUT2D eigenvalue weighted by atomic mass is 10.2. The molecule has 0 N–H and O–H groups in total. The van der Waals surface area contributed by atoms with Crippen LogP contribution in [0, 0.1) is 0 Å². The van der Waals surface area contributed by atoms with Gasteiger partial charge >= 0.3 is 0 Å². The maximum absolute atomic E-state index is 6.04. The second kappa shape index (κ2) is 5.97. The van der Waals surface area contributed by atoms with E-state index in [2.05, 4.69) is 23.8 Å². The topological polar surface area (TPSA) is 25.8 Å². The molecule has 0 aliphatic heterocycles. The Kier molecular flexibility index (Phi) is 4.88. The Morgan fingerprint density at radius 1 is 1.21 bits per heavy atom. The van der Waals surface area contributed by atoms with Crippen molar-refractivity contribution in [3.63, 3.8) is 0 Å². The van der Waals surface area contributed by atoms with E-state index in [4.69, 9.17) is 11.6 Å². The van der Waals surface area contributed by atoms with Gasteiger partial charge < -0.3 is 0 Å². The van der Waals surface area contributed by atoms with E-state index in [9.17, 15) is 0 Å². The first-order chi connectivity index (χ1) is 6.77. The number of halogens is 1. The molecule has 1 aromatic heterocycles. The fourth-order valence-electron chi connectivity index (χ4n) is 1.31. The molecule has 1 rings (SSSR count). The number of nitrogens with zero attached hydrogens (tertiary/aromatic N) is 2. The molecule has 0 aromatic carbocycles. The van der Waals surface area contributed by atoms with Crippen molar-refractivity contribution in [2.24, 2.45) is 0 Å². The molecule has 3 heteroatoms. The number of aryl methyl sites for hydroxylation is 2. The van der Waals surface area contributed by atoms with E-state index in [-0.39, 0.29) is 0 Å². The summed E-state index contributed by atoms with van der Waals surface area (Å²) in [7, 11) is 0. The number of hydrogen-bond acceptors (Lipinski definition) is 2. The molecule has 0 aliphatic rings. The fourth-order valence-corrected chi connectivity index (χ4v) is 1.55. The van der Waals surface area contributed by atoms with Crippen molar-refractivity contribution in [1.82, 2.24) is 9.97 Å². The molecule has 0 spiro atoms. The molecule has 1 aromatic rings. The molecule has 0 amide bonds. The summed E-state index contributed by atoms with van der Waals surface area (Å²) in [6.45, 7) is 4.29. The Morgan fingerprint density at radius 3 is 2.57 bits per heavy atom. The SMILES string of the molecule is CCCCc1ncc(CCC)c(Cl)n1. The molecular formula is C11H17ClN2. The summed E-state index contributed by atoms with van der Waals surface area (Å²) in [5, 5.41) is 0.632. The van der Waals surface area contributed by atoms with Crippen LogP contribution in [0.1, 0.15) is 44.5 Å². The minimum Gasteiger partial charge on any atom is -0.241 e. The van der Waals surface area contributed by atoms with Crippen molar-refractivity contribution in [2.75, 3.05) is 0 Å². The van der Waals surface area contributed by atoms with Crippen molar-refractivity contribution in [3.8, 4) is 0 Å². The first kappa shape index (κ1) is 11.4. The summed E-state index contributed by atoms with van der Waals surface area (Å²) in [6, 6.07) is 0. The quantitative estimate of drug-likeness (QED) is 0.699. The van der Waals surface area contributed by atoms with Crippen LogP contribution in [0.4, 0.5) is 0 Å². The minimum atomic E-state index is 0.632. The maximum atomic E-state index is 6.04. The second-order valence-corrected chi connectivity index (χ2v) is 3.81. The summed E-state index contributed by atoms with van der Waals surface area (Å²) in [5.74, 6) is 0.872. The number of hydrogen-bond donors (Lipinski definition) is 0. The lowest BCUT2D eigenvalue weighted by Gasteiger charge is -2.03. The summed E-state index contributed by atoms with van der Waals surface area (Å²) in [5.41, 5.74) is 1.06. The van der Waals surface area contributed by atoms with Gasteiger partial charge in [0.15, 0.2) is 0 Å². The van der Waals surface area contributed by atoms with Gasteiger partial charge in [-0.1, -0.05) is 38.3 Å². The molecule has 0 unspecified atom stereocenters. The fraction of sp³-hybridized carbons (Fsp3) is 0.636. The van der Waals surface area contributed by atoms with Crippen LogP contribution in [0.15, 0.2) is 6.20 Å². The van der Waals surface area contributed by atoms with Crippen molar-refractivity contribution in [1.29, 1.82) is 0 Å². The largest absolute Gasteiger partial charge is 0.241 e. The second-order valence-electron chi connectivity index (χ2n) is 3.46. The Bertz CT molecular complexity index is 287. The predicted molar refractivity (Wildman–Crippen MR) is 59.6 cm³/mol. The summed E-state index contributed by atoms with van der Waals surface area (Å²) in [6.07, 6.45) is 7.14. The Hall–Kier alpha value is -0.630. The van der Waals surface area contributed by atoms with Crippen LogP contribution in [-0.2, 0) is 12.8 Å². The molecular weight excluding hydrogens is 196 g/mol. The highest BCUT2D eigenvalue weighted by molar-refractivity contribution is 6.30. The highest BCUT2D eigenvalue weighted by Gasteiger charge is 2.03. The van der Waals surface area contributed by atoms with Crippen molar-refractivity contribution in [3.05, 3.63) is 22.7 Å². The lowest BCUT2D eigenvalue weighted by molar-refractivity contribution is 0.747. The summed E-state index contributed by atoms with van der Waals surface area (Å²) in [4.78, 5) is 8.58. The van der Waals surface area contributed by atoms with E-state index in [0.29, 0.717) is 5.15 Å². The molecule has 14 heavy (non-hydrogen) atoms. The first-order valence-electron chi connectivity index (χ1n) is 5.28. The van der Waals surface area contributed by atoms with Crippen LogP contribution < -0.4 is 0 Å². The summed E-state index contributed by atoms with van der Waals surface area (Å²) < 4.78 is 0. The van der Waals surface area contributed by atoms with Gasteiger partial charge in [-0.3, -0.25) is 0 Å². The number of unbranched alkanes of at least 4 members (excludes halogenated alkanes) is 1. The van der Waals surface area contributed by atoms with E-state index < -0.39 is 0 Å². The van der Waals surface area contributed by atoms with Gasteiger partial charge in [0.1, 0.15) is 11.0 Å². The van der Waals surface area contributed by atoms with Crippen molar-refractivity contribution < 1.29 is 0 Å². The van der Waals surface area contributed by atoms with E-state index in [1.165, 1.54) is 0 Å². The highest BCUT2D eigenvalue weighted by atomic mass is 35.5. The third kappa shape index (κ3) is 3.26. The Balaban J connectivity index is 2.68.